The molecule has 1 N–H and O–H groups in total. The van der Waals surface area contributed by atoms with Gasteiger partial charge in [-0.3, -0.25) is 14.8 Å². The van der Waals surface area contributed by atoms with Crippen molar-refractivity contribution in [1.82, 2.24) is 14.9 Å². The number of halogens is 1. The van der Waals surface area contributed by atoms with Gasteiger partial charge in [0, 0.05) is 48.4 Å². The molecule has 5 rings (SSSR count). The van der Waals surface area contributed by atoms with Gasteiger partial charge >= 0.3 is 5.97 Å². The molecular weight excluding hydrogens is 497 g/mol. The van der Waals surface area contributed by atoms with Crippen LogP contribution in [0.1, 0.15) is 12.0 Å². The van der Waals surface area contributed by atoms with Gasteiger partial charge in [-0.1, -0.05) is 37.4 Å². The first-order chi connectivity index (χ1) is 18.8. The van der Waals surface area contributed by atoms with E-state index in [4.69, 9.17) is 0 Å². The van der Waals surface area contributed by atoms with Gasteiger partial charge in [0.2, 0.25) is 5.91 Å². The number of amides is 1. The second-order valence-electron chi connectivity index (χ2n) is 9.27. The van der Waals surface area contributed by atoms with Gasteiger partial charge in [-0.05, 0) is 34.5 Å². The number of nitrogens with zero attached hydrogens (tertiary/aromatic N) is 5. The first-order valence-corrected chi connectivity index (χ1v) is 12.3. The lowest BCUT2D eigenvalue weighted by Gasteiger charge is -2.41. The van der Waals surface area contributed by atoms with E-state index in [-0.39, 0.29) is 35.0 Å². The fraction of sp³-hybridized carbons (Fsp3) is 0.167. The topological polar surface area (TPSA) is 110 Å². The molecule has 0 bridgehead atoms. The molecule has 0 radical (unpaired) electrons. The van der Waals surface area contributed by atoms with Crippen molar-refractivity contribution < 1.29 is 19.1 Å². The van der Waals surface area contributed by atoms with E-state index in [1.165, 1.54) is 12.3 Å². The summed E-state index contributed by atoms with van der Waals surface area (Å²) in [4.78, 5) is 36.3. The third-order valence-corrected chi connectivity index (χ3v) is 7.07. The van der Waals surface area contributed by atoms with Crippen LogP contribution in [-0.2, 0) is 9.59 Å². The van der Waals surface area contributed by atoms with Gasteiger partial charge in [0.25, 0.3) is 0 Å². The fourth-order valence-corrected chi connectivity index (χ4v) is 5.09. The molecule has 8 nitrogen and oxygen atoms in total. The van der Waals surface area contributed by atoms with Crippen LogP contribution in [0.5, 0.6) is 0 Å². The number of carboxylic acids is 1. The highest BCUT2D eigenvalue weighted by molar-refractivity contribution is 6.16. The van der Waals surface area contributed by atoms with Crippen molar-refractivity contribution in [2.45, 2.75) is 12.5 Å². The fourth-order valence-electron chi connectivity index (χ4n) is 5.09. The number of carboxylic acid groups (broad SMARTS) is 1. The van der Waals surface area contributed by atoms with Gasteiger partial charge in [-0.25, -0.2) is 9.18 Å². The maximum Gasteiger partial charge on any atom is 0.335 e. The predicted octanol–water partition coefficient (Wildman–Crippen LogP) is 4.80. The van der Waals surface area contributed by atoms with E-state index < -0.39 is 11.8 Å². The van der Waals surface area contributed by atoms with Crippen molar-refractivity contribution >= 4 is 44.7 Å². The monoisotopic (exact) mass is 521 g/mol. The highest BCUT2D eigenvalue weighted by Gasteiger charge is 2.30. The SMILES string of the molecule is C=CC(=O)N1CCN(c2cncc3c(F)c(-c4cc(C(=C)C(=O)O)cc5ccccc45)ncc23)C[C@@H]1CC#N. The average Bonchev–Trinajstić information content (AvgIpc) is 2.96. The van der Waals surface area contributed by atoms with E-state index in [2.05, 4.69) is 29.2 Å². The molecule has 1 amide bonds. The van der Waals surface area contributed by atoms with Crippen molar-refractivity contribution in [2.75, 3.05) is 24.5 Å². The molecule has 1 atom stereocenters. The van der Waals surface area contributed by atoms with Gasteiger partial charge < -0.3 is 14.9 Å². The number of rotatable bonds is 6. The van der Waals surface area contributed by atoms with Crippen molar-refractivity contribution in [3.05, 3.63) is 85.6 Å². The lowest BCUT2D eigenvalue weighted by atomic mass is 9.94. The summed E-state index contributed by atoms with van der Waals surface area (Å²) in [5.41, 5.74) is 1.42. The highest BCUT2D eigenvalue weighted by Crippen LogP contribution is 2.37. The van der Waals surface area contributed by atoms with Crippen LogP contribution >= 0.6 is 0 Å². The van der Waals surface area contributed by atoms with Crippen LogP contribution in [0.2, 0.25) is 0 Å². The van der Waals surface area contributed by atoms with Crippen LogP contribution in [0.3, 0.4) is 0 Å². The predicted molar refractivity (Wildman–Crippen MR) is 147 cm³/mol. The number of carbonyl (C=O) groups excluding carboxylic acids is 1. The zero-order valence-corrected chi connectivity index (χ0v) is 21.0. The Morgan fingerprint density at radius 3 is 2.69 bits per heavy atom. The molecule has 39 heavy (non-hydrogen) atoms. The molecule has 1 aliphatic rings. The van der Waals surface area contributed by atoms with Crippen molar-refractivity contribution in [1.29, 1.82) is 5.26 Å². The number of nitriles is 1. The Balaban J connectivity index is 1.61. The second kappa shape index (κ2) is 10.3. The molecule has 194 valence electrons. The number of carbonyl (C=O) groups is 2. The number of piperazine rings is 1. The van der Waals surface area contributed by atoms with Gasteiger partial charge in [0.15, 0.2) is 5.82 Å². The molecule has 4 aromatic rings. The smallest absolute Gasteiger partial charge is 0.335 e. The number of aliphatic carboxylic acids is 1. The number of benzene rings is 2. The maximum atomic E-state index is 16.2. The molecule has 2 aromatic heterocycles. The number of fused-ring (bicyclic) bond motifs is 2. The Hall–Kier alpha value is -5.10. The van der Waals surface area contributed by atoms with E-state index in [0.29, 0.717) is 41.8 Å². The average molecular weight is 522 g/mol. The Labute approximate surface area is 223 Å². The molecule has 0 unspecified atom stereocenters. The summed E-state index contributed by atoms with van der Waals surface area (Å²) in [5, 5.41) is 21.0. The molecule has 1 saturated heterocycles. The first-order valence-electron chi connectivity index (χ1n) is 12.3. The highest BCUT2D eigenvalue weighted by atomic mass is 19.1. The maximum absolute atomic E-state index is 16.2. The summed E-state index contributed by atoms with van der Waals surface area (Å²) < 4.78 is 16.2. The molecule has 0 aliphatic carbocycles. The van der Waals surface area contributed by atoms with Crippen molar-refractivity contribution in [3.63, 3.8) is 0 Å². The van der Waals surface area contributed by atoms with Crippen LogP contribution in [0.4, 0.5) is 10.1 Å². The van der Waals surface area contributed by atoms with E-state index in [1.807, 2.05) is 29.2 Å². The van der Waals surface area contributed by atoms with E-state index in [1.54, 1.807) is 29.4 Å². The van der Waals surface area contributed by atoms with Gasteiger partial charge in [0.1, 0.15) is 5.69 Å². The Morgan fingerprint density at radius 1 is 1.15 bits per heavy atom. The number of hydrogen-bond acceptors (Lipinski definition) is 6. The minimum Gasteiger partial charge on any atom is -0.478 e. The number of pyridine rings is 2. The zero-order chi connectivity index (χ0) is 27.7. The van der Waals surface area contributed by atoms with Crippen LogP contribution in [0.25, 0.3) is 38.4 Å². The van der Waals surface area contributed by atoms with Crippen LogP contribution in [-0.4, -0.2) is 57.5 Å². The van der Waals surface area contributed by atoms with Crippen LogP contribution < -0.4 is 4.90 Å². The molecule has 1 fully saturated rings. The number of aromatic nitrogens is 2. The van der Waals surface area contributed by atoms with Gasteiger partial charge in [-0.15, -0.1) is 0 Å². The summed E-state index contributed by atoms with van der Waals surface area (Å²) in [6.07, 6.45) is 6.04. The molecule has 0 spiro atoms. The lowest BCUT2D eigenvalue weighted by Crippen LogP contribution is -2.55. The quantitative estimate of drug-likeness (QED) is 0.363. The minimum atomic E-state index is -1.17. The Morgan fingerprint density at radius 2 is 1.95 bits per heavy atom. The van der Waals surface area contributed by atoms with E-state index in [0.717, 1.165) is 10.8 Å². The van der Waals surface area contributed by atoms with Crippen molar-refractivity contribution in [2.24, 2.45) is 0 Å². The molecule has 3 heterocycles. The van der Waals surface area contributed by atoms with Crippen LogP contribution in [0, 0.1) is 17.1 Å². The summed E-state index contributed by atoms with van der Waals surface area (Å²) in [5.74, 6) is -1.98. The standard InChI is InChI=1S/C30H24FN5O3/c1-3-27(37)36-11-10-35(17-21(36)8-9-32)26-16-33-14-25-24(26)15-34-29(28(25)31)23-13-20(18(2)30(38)39)12-19-6-4-5-7-22(19)23/h3-7,12-16,21H,1-2,8,10-11,17H2,(H,38,39)/t21-/m0/s1. The lowest BCUT2D eigenvalue weighted by molar-refractivity contribution is -0.130. The molecule has 2 aromatic carbocycles. The minimum absolute atomic E-state index is 0.0708. The van der Waals surface area contributed by atoms with Gasteiger partial charge in [-0.2, -0.15) is 5.26 Å². The first kappa shape index (κ1) is 25.5. The zero-order valence-electron chi connectivity index (χ0n) is 21.0. The van der Waals surface area contributed by atoms with E-state index in [9.17, 15) is 20.0 Å². The summed E-state index contributed by atoms with van der Waals surface area (Å²) in [7, 11) is 0. The summed E-state index contributed by atoms with van der Waals surface area (Å²) >= 11 is 0. The van der Waals surface area contributed by atoms with Crippen molar-refractivity contribution in [3.8, 4) is 17.3 Å². The Bertz CT molecular complexity index is 1710. The molecule has 0 saturated carbocycles. The Kier molecular flexibility index (Phi) is 6.77. The number of hydrogen-bond donors (Lipinski definition) is 1. The molecular formula is C30H24FN5O3. The summed E-state index contributed by atoms with van der Waals surface area (Å²) in [6.45, 7) is 8.44. The molecule has 9 heteroatoms. The second-order valence-corrected chi connectivity index (χ2v) is 9.27. The molecule has 1 aliphatic heterocycles. The van der Waals surface area contributed by atoms with E-state index >= 15 is 4.39 Å². The van der Waals surface area contributed by atoms with Crippen LogP contribution in [0.15, 0.2) is 74.2 Å². The third kappa shape index (κ3) is 4.57. The summed E-state index contributed by atoms with van der Waals surface area (Å²) in [6, 6.07) is 12.4. The third-order valence-electron chi connectivity index (χ3n) is 7.07. The van der Waals surface area contributed by atoms with Gasteiger partial charge in [0.05, 0.1) is 36.0 Å². The normalized spacial score (nSPS) is 15.2. The number of anilines is 1. The largest absolute Gasteiger partial charge is 0.478 e.